The van der Waals surface area contributed by atoms with Crippen LogP contribution in [0.2, 0.25) is 0 Å². The second kappa shape index (κ2) is 11.0. The van der Waals surface area contributed by atoms with Gasteiger partial charge < -0.3 is 15.2 Å². The number of ether oxygens (including phenoxy) is 1. The summed E-state index contributed by atoms with van der Waals surface area (Å²) in [6, 6.07) is 13.1. The number of thiocarbonyl (C=S) groups is 1. The molecule has 0 fully saturated rings. The number of aliphatic hydroxyl groups is 1. The lowest BCUT2D eigenvalue weighted by atomic mass is 10.1. The van der Waals surface area contributed by atoms with Crippen molar-refractivity contribution in [3.63, 3.8) is 0 Å². The van der Waals surface area contributed by atoms with Gasteiger partial charge in [0.05, 0.1) is 23.3 Å². The van der Waals surface area contributed by atoms with Crippen molar-refractivity contribution in [2.24, 2.45) is 0 Å². The van der Waals surface area contributed by atoms with Crippen LogP contribution in [0.5, 0.6) is 11.6 Å². The summed E-state index contributed by atoms with van der Waals surface area (Å²) in [5, 5.41) is 21.7. The number of hydrogen-bond donors (Lipinski definition) is 6. The molecule has 0 saturated heterocycles. The summed E-state index contributed by atoms with van der Waals surface area (Å²) in [7, 11) is 0. The number of anilines is 3. The second-order valence-corrected chi connectivity index (χ2v) is 9.76. The summed E-state index contributed by atoms with van der Waals surface area (Å²) in [5.74, 6) is 1.74. The quantitative estimate of drug-likeness (QED) is 0.119. The molecule has 0 aliphatic carbocycles. The topological polar surface area (TPSA) is 158 Å². The van der Waals surface area contributed by atoms with Crippen LogP contribution in [0.25, 0.3) is 16.6 Å². The Kier molecular flexibility index (Phi) is 7.31. The largest absolute Gasteiger partial charge is 0.439 e. The summed E-state index contributed by atoms with van der Waals surface area (Å²) in [4.78, 5) is 13.1. The van der Waals surface area contributed by atoms with Gasteiger partial charge in [-0.15, -0.1) is 10.2 Å². The number of nitrogens with one attached hydrogen (secondary N) is 5. The zero-order valence-corrected chi connectivity index (χ0v) is 22.2. The second-order valence-electron chi connectivity index (χ2n) is 9.36. The monoisotopic (exact) mass is 545 g/mol. The lowest BCUT2D eigenvalue weighted by molar-refractivity contribution is 0.182. The van der Waals surface area contributed by atoms with E-state index in [1.165, 1.54) is 6.33 Å². The van der Waals surface area contributed by atoms with Crippen molar-refractivity contribution in [2.45, 2.75) is 26.3 Å². The number of nitrogens with zero attached hydrogens (tertiary/aromatic N) is 6. The van der Waals surface area contributed by atoms with Crippen molar-refractivity contribution >= 4 is 51.1 Å². The molecule has 5 rings (SSSR count). The number of hydrogen-bond acceptors (Lipinski definition) is 11. The molecule has 5 aromatic rings. The first-order chi connectivity index (χ1) is 18.8. The predicted molar refractivity (Wildman–Crippen MR) is 152 cm³/mol. The van der Waals surface area contributed by atoms with Crippen molar-refractivity contribution in [3.8, 4) is 11.6 Å². The van der Waals surface area contributed by atoms with E-state index in [2.05, 4.69) is 52.2 Å². The molecular formula is C25H27N11O2S. The van der Waals surface area contributed by atoms with E-state index in [0.717, 1.165) is 27.8 Å². The highest BCUT2D eigenvalue weighted by molar-refractivity contribution is 7.80. The van der Waals surface area contributed by atoms with E-state index >= 15 is 0 Å². The van der Waals surface area contributed by atoms with Crippen LogP contribution in [0.4, 0.5) is 17.2 Å². The minimum absolute atomic E-state index is 0.0523. The molecule has 14 heteroatoms. The molecule has 0 bridgehead atoms. The molecule has 3 aromatic heterocycles. The normalized spacial score (nSPS) is 11.4. The number of aromatic nitrogens is 6. The first-order valence-corrected chi connectivity index (χ1v) is 12.4. The Morgan fingerprint density at radius 1 is 1.03 bits per heavy atom. The minimum Gasteiger partial charge on any atom is -0.439 e. The summed E-state index contributed by atoms with van der Waals surface area (Å²) >= 11 is 5.27. The van der Waals surface area contributed by atoms with Crippen molar-refractivity contribution in [2.75, 3.05) is 17.3 Å². The van der Waals surface area contributed by atoms with Gasteiger partial charge in [-0.1, -0.05) is 0 Å². The zero-order valence-electron chi connectivity index (χ0n) is 21.4. The molecule has 0 saturated carbocycles. The fourth-order valence-corrected chi connectivity index (χ4v) is 3.62. The number of fused-ring (bicyclic) bond motifs is 2. The van der Waals surface area contributed by atoms with Crippen LogP contribution in [-0.4, -0.2) is 51.9 Å². The maximum atomic E-state index is 9.35. The van der Waals surface area contributed by atoms with Crippen molar-refractivity contribution in [3.05, 3.63) is 67.0 Å². The molecule has 0 spiro atoms. The third-order valence-electron chi connectivity index (χ3n) is 5.68. The molecule has 0 unspecified atom stereocenters. The number of aryl methyl sites for hydroxylation is 1. The Labute approximate surface area is 229 Å². The molecule has 39 heavy (non-hydrogen) atoms. The first-order valence-electron chi connectivity index (χ1n) is 12.0. The van der Waals surface area contributed by atoms with E-state index in [-0.39, 0.29) is 6.61 Å². The van der Waals surface area contributed by atoms with Crippen LogP contribution >= 0.6 is 12.2 Å². The Morgan fingerprint density at radius 3 is 2.69 bits per heavy atom. The third kappa shape index (κ3) is 6.26. The first kappa shape index (κ1) is 26.0. The van der Waals surface area contributed by atoms with Crippen LogP contribution in [0.15, 0.2) is 61.4 Å². The highest BCUT2D eigenvalue weighted by atomic mass is 32.1. The SMILES string of the molecule is Cc1cc(Nc2ncnc3ccc(NNC(=S)NNC(C)(C)CO)cc23)ccc1Oc1cc2nncn2cn1. The Balaban J connectivity index is 1.28. The summed E-state index contributed by atoms with van der Waals surface area (Å²) in [6.45, 7) is 5.58. The lowest BCUT2D eigenvalue weighted by Gasteiger charge is -2.25. The van der Waals surface area contributed by atoms with Crippen LogP contribution in [0.1, 0.15) is 19.4 Å². The van der Waals surface area contributed by atoms with Gasteiger partial charge >= 0.3 is 0 Å². The average Bonchev–Trinajstić information content (AvgIpc) is 3.40. The van der Waals surface area contributed by atoms with E-state index in [0.29, 0.717) is 28.2 Å². The molecule has 13 nitrogen and oxygen atoms in total. The highest BCUT2D eigenvalue weighted by Crippen LogP contribution is 2.30. The highest BCUT2D eigenvalue weighted by Gasteiger charge is 2.15. The molecule has 0 aliphatic heterocycles. The van der Waals surface area contributed by atoms with E-state index in [1.807, 2.05) is 57.2 Å². The van der Waals surface area contributed by atoms with Crippen LogP contribution in [-0.2, 0) is 0 Å². The fraction of sp³-hybridized carbons (Fsp3) is 0.200. The van der Waals surface area contributed by atoms with E-state index < -0.39 is 5.54 Å². The molecule has 2 aromatic carbocycles. The smallest absolute Gasteiger partial charge is 0.224 e. The Hall–Kier alpha value is -4.66. The predicted octanol–water partition coefficient (Wildman–Crippen LogP) is 2.98. The van der Waals surface area contributed by atoms with Gasteiger partial charge in [-0.2, -0.15) is 0 Å². The van der Waals surface area contributed by atoms with Crippen LogP contribution < -0.4 is 31.8 Å². The lowest BCUT2D eigenvalue weighted by Crippen LogP contribution is -2.55. The molecular weight excluding hydrogens is 518 g/mol. The number of aliphatic hydroxyl groups excluding tert-OH is 1. The standard InChI is InChI=1S/C25H27N11O2S/c1-15-8-16(5-7-20(15)38-22-10-21-32-29-14-36(21)13-28-22)30-23-18-9-17(4-6-19(18)26-12-27-23)31-33-24(39)34-35-25(2,3)11-37/h4-10,12-14,31,35,37H,11H2,1-3H3,(H,26,27,30)(H2,33,34,39). The van der Waals surface area contributed by atoms with Crippen LogP contribution in [0.3, 0.4) is 0 Å². The third-order valence-corrected chi connectivity index (χ3v) is 5.88. The Bertz CT molecular complexity index is 1640. The maximum Gasteiger partial charge on any atom is 0.224 e. The molecule has 0 atom stereocenters. The van der Waals surface area contributed by atoms with Gasteiger partial charge in [0, 0.05) is 17.1 Å². The van der Waals surface area contributed by atoms with E-state index in [4.69, 9.17) is 17.0 Å². The van der Waals surface area contributed by atoms with Crippen molar-refractivity contribution in [1.29, 1.82) is 0 Å². The Morgan fingerprint density at radius 2 is 1.87 bits per heavy atom. The van der Waals surface area contributed by atoms with Gasteiger partial charge in [0.25, 0.3) is 0 Å². The molecule has 3 heterocycles. The van der Waals surface area contributed by atoms with E-state index in [9.17, 15) is 5.11 Å². The zero-order chi connectivity index (χ0) is 27.4. The van der Waals surface area contributed by atoms with Crippen molar-refractivity contribution in [1.82, 2.24) is 45.8 Å². The van der Waals surface area contributed by atoms with Gasteiger partial charge in [0.15, 0.2) is 10.8 Å². The minimum atomic E-state index is -0.529. The van der Waals surface area contributed by atoms with Gasteiger partial charge in [-0.3, -0.25) is 20.7 Å². The molecule has 6 N–H and O–H groups in total. The maximum absolute atomic E-state index is 9.35. The summed E-state index contributed by atoms with van der Waals surface area (Å²) < 4.78 is 7.68. The van der Waals surface area contributed by atoms with Crippen LogP contribution in [0, 0.1) is 6.92 Å². The summed E-state index contributed by atoms with van der Waals surface area (Å²) in [6.07, 6.45) is 4.70. The number of rotatable bonds is 9. The average molecular weight is 546 g/mol. The number of benzene rings is 2. The van der Waals surface area contributed by atoms with Gasteiger partial charge in [-0.25, -0.2) is 20.4 Å². The molecule has 200 valence electrons. The fourth-order valence-electron chi connectivity index (χ4n) is 3.52. The number of hydrazine groups is 2. The molecule has 0 aliphatic rings. The summed E-state index contributed by atoms with van der Waals surface area (Å²) in [5.41, 5.74) is 15.2. The molecule has 0 radical (unpaired) electrons. The van der Waals surface area contributed by atoms with E-state index in [1.54, 1.807) is 23.1 Å². The van der Waals surface area contributed by atoms with Gasteiger partial charge in [-0.05, 0) is 75.0 Å². The molecule has 0 amide bonds. The van der Waals surface area contributed by atoms with Gasteiger partial charge in [0.1, 0.15) is 30.5 Å². The van der Waals surface area contributed by atoms with Gasteiger partial charge in [0.2, 0.25) is 5.88 Å². The van der Waals surface area contributed by atoms with Crippen molar-refractivity contribution < 1.29 is 9.84 Å².